The molecule has 4 aliphatic rings. The maximum atomic E-state index is 13.6. The number of fused-ring (bicyclic) bond motifs is 7. The number of hydrogen-bond acceptors (Lipinski definition) is 3. The Morgan fingerprint density at radius 1 is 0.857 bits per heavy atom. The lowest BCUT2D eigenvalue weighted by Gasteiger charge is -2.40. The van der Waals surface area contributed by atoms with Crippen LogP contribution in [0.2, 0.25) is 0 Å². The summed E-state index contributed by atoms with van der Waals surface area (Å²) in [7, 11) is 0. The number of benzene rings is 2. The second-order valence-corrected chi connectivity index (χ2v) is 8.36. The monoisotopic (exact) mass is 370 g/mol. The number of anilines is 2. The molecule has 2 amide bonds. The van der Waals surface area contributed by atoms with Gasteiger partial charge in [-0.2, -0.15) is 0 Å². The molecule has 0 radical (unpaired) electrons. The minimum absolute atomic E-state index is 0.0117. The normalized spacial score (nSPS) is 30.5. The summed E-state index contributed by atoms with van der Waals surface area (Å²) in [6, 6.07) is 17.7. The molecule has 1 unspecified atom stereocenters. The molecule has 1 saturated carbocycles. The van der Waals surface area contributed by atoms with E-state index in [4.69, 9.17) is 0 Å². The second-order valence-electron chi connectivity index (χ2n) is 8.36. The summed E-state index contributed by atoms with van der Waals surface area (Å²) in [5.74, 6) is -0.417. The summed E-state index contributed by atoms with van der Waals surface area (Å²) < 4.78 is 0. The van der Waals surface area contributed by atoms with Crippen LogP contribution in [0.4, 0.5) is 11.4 Å². The van der Waals surface area contributed by atoms with E-state index < -0.39 is 0 Å². The van der Waals surface area contributed by atoms with Crippen LogP contribution in [-0.4, -0.2) is 17.9 Å². The number of rotatable bonds is 1. The summed E-state index contributed by atoms with van der Waals surface area (Å²) in [4.78, 5) is 28.5. The first-order valence-corrected chi connectivity index (χ1v) is 10.3. The number of para-hydroxylation sites is 2. The van der Waals surface area contributed by atoms with Crippen LogP contribution in [0.25, 0.3) is 5.57 Å². The number of carbonyl (C=O) groups is 2. The standard InChI is InChI=1S/C24H22N2O2/c27-23-20-16-11-5-4-10-15(16)19-17-12-6-7-13-18(17)25-22(19)21(20)24(28)26(23)14-8-2-1-3-9-14/h1-3,6-9,12-13,16,20-22,25H,4-5,10-11H2/t16-,20-,21-,22?/m1/s1. The fraction of sp³-hybridized carbons (Fsp3) is 0.333. The van der Waals surface area contributed by atoms with Crippen LogP contribution < -0.4 is 10.2 Å². The van der Waals surface area contributed by atoms with Gasteiger partial charge in [0, 0.05) is 11.3 Å². The number of carbonyl (C=O) groups excluding carboxylic acids is 2. The zero-order valence-electron chi connectivity index (χ0n) is 15.6. The molecule has 6 rings (SSSR count). The van der Waals surface area contributed by atoms with Crippen LogP contribution in [0.15, 0.2) is 60.2 Å². The molecule has 2 aromatic rings. The lowest BCUT2D eigenvalue weighted by molar-refractivity contribution is -0.122. The summed E-state index contributed by atoms with van der Waals surface area (Å²) >= 11 is 0. The van der Waals surface area contributed by atoms with Gasteiger partial charge in [-0.15, -0.1) is 0 Å². The van der Waals surface area contributed by atoms with Crippen molar-refractivity contribution in [1.29, 1.82) is 0 Å². The maximum absolute atomic E-state index is 13.6. The molecule has 4 atom stereocenters. The molecule has 1 N–H and O–H groups in total. The lowest BCUT2D eigenvalue weighted by atomic mass is 9.63. The van der Waals surface area contributed by atoms with Crippen molar-refractivity contribution in [2.45, 2.75) is 31.7 Å². The van der Waals surface area contributed by atoms with E-state index in [-0.39, 0.29) is 35.6 Å². The third-order valence-electron chi connectivity index (χ3n) is 7.05. The molecule has 0 bridgehead atoms. The number of allylic oxidation sites excluding steroid dienone is 1. The van der Waals surface area contributed by atoms with Gasteiger partial charge in [0.2, 0.25) is 11.8 Å². The van der Waals surface area contributed by atoms with Gasteiger partial charge in [-0.1, -0.05) is 48.4 Å². The minimum Gasteiger partial charge on any atom is -0.377 e. The van der Waals surface area contributed by atoms with Gasteiger partial charge < -0.3 is 5.32 Å². The van der Waals surface area contributed by atoms with E-state index in [2.05, 4.69) is 23.5 Å². The highest BCUT2D eigenvalue weighted by Gasteiger charge is 2.60. The Bertz CT molecular complexity index is 1030. The Kier molecular flexibility index (Phi) is 3.34. The van der Waals surface area contributed by atoms with Crippen LogP contribution in [0.5, 0.6) is 0 Å². The highest BCUT2D eigenvalue weighted by atomic mass is 16.2. The largest absolute Gasteiger partial charge is 0.377 e. The molecule has 28 heavy (non-hydrogen) atoms. The first-order chi connectivity index (χ1) is 13.8. The van der Waals surface area contributed by atoms with Crippen molar-refractivity contribution >= 4 is 28.8 Å². The quantitative estimate of drug-likeness (QED) is 0.764. The molecule has 1 saturated heterocycles. The van der Waals surface area contributed by atoms with Crippen LogP contribution in [0.1, 0.15) is 31.2 Å². The van der Waals surface area contributed by atoms with E-state index in [1.165, 1.54) is 28.0 Å². The van der Waals surface area contributed by atoms with Gasteiger partial charge >= 0.3 is 0 Å². The van der Waals surface area contributed by atoms with Crippen molar-refractivity contribution in [1.82, 2.24) is 0 Å². The van der Waals surface area contributed by atoms with Gasteiger partial charge in [0.05, 0.1) is 23.6 Å². The van der Waals surface area contributed by atoms with Gasteiger partial charge in [0.25, 0.3) is 0 Å². The third kappa shape index (κ3) is 2.00. The van der Waals surface area contributed by atoms with E-state index in [0.717, 1.165) is 24.9 Å². The van der Waals surface area contributed by atoms with Crippen molar-refractivity contribution in [2.75, 3.05) is 10.2 Å². The summed E-state index contributed by atoms with van der Waals surface area (Å²) in [6.07, 6.45) is 4.36. The molecule has 0 spiro atoms. The molecule has 4 nitrogen and oxygen atoms in total. The number of hydrogen-bond donors (Lipinski definition) is 1. The zero-order chi connectivity index (χ0) is 18.8. The van der Waals surface area contributed by atoms with Crippen molar-refractivity contribution in [2.24, 2.45) is 17.8 Å². The summed E-state index contributed by atoms with van der Waals surface area (Å²) in [5, 5.41) is 3.61. The smallest absolute Gasteiger partial charge is 0.240 e. The molecule has 4 heteroatoms. The number of nitrogens with zero attached hydrogens (tertiary/aromatic N) is 1. The molecule has 2 fully saturated rings. The van der Waals surface area contributed by atoms with Crippen molar-refractivity contribution in [3.8, 4) is 0 Å². The Balaban J connectivity index is 1.52. The zero-order valence-corrected chi connectivity index (χ0v) is 15.6. The first kappa shape index (κ1) is 16.1. The summed E-state index contributed by atoms with van der Waals surface area (Å²) in [5.41, 5.74) is 5.74. The molecule has 2 heterocycles. The van der Waals surface area contributed by atoms with Crippen LogP contribution in [0.3, 0.4) is 0 Å². The van der Waals surface area contributed by atoms with Crippen molar-refractivity contribution < 1.29 is 9.59 Å². The van der Waals surface area contributed by atoms with Crippen molar-refractivity contribution in [3.05, 3.63) is 65.7 Å². The first-order valence-electron chi connectivity index (χ1n) is 10.3. The SMILES string of the molecule is O=C1[C@@H]2[C@@H]3CCCCC3=C3c4ccccc4NC3[C@@H]2C(=O)N1c1ccccc1. The average molecular weight is 370 g/mol. The average Bonchev–Trinajstić information content (AvgIpc) is 3.24. The number of nitrogens with one attached hydrogen (secondary N) is 1. The van der Waals surface area contributed by atoms with Crippen LogP contribution >= 0.6 is 0 Å². The number of imide groups is 1. The summed E-state index contributed by atoms with van der Waals surface area (Å²) in [6.45, 7) is 0. The Hall–Kier alpha value is -2.88. The molecule has 0 aromatic heterocycles. The molecular formula is C24H22N2O2. The van der Waals surface area contributed by atoms with Gasteiger partial charge in [-0.25, -0.2) is 4.90 Å². The maximum Gasteiger partial charge on any atom is 0.240 e. The van der Waals surface area contributed by atoms with Gasteiger partial charge in [-0.05, 0) is 49.0 Å². The van der Waals surface area contributed by atoms with Gasteiger partial charge in [-0.3, -0.25) is 9.59 Å². The molecular weight excluding hydrogens is 348 g/mol. The van der Waals surface area contributed by atoms with E-state index >= 15 is 0 Å². The Morgan fingerprint density at radius 2 is 1.61 bits per heavy atom. The highest BCUT2D eigenvalue weighted by molar-refractivity contribution is 6.23. The lowest BCUT2D eigenvalue weighted by Crippen LogP contribution is -2.43. The highest BCUT2D eigenvalue weighted by Crippen LogP contribution is 2.56. The van der Waals surface area contributed by atoms with Crippen LogP contribution in [0, 0.1) is 17.8 Å². The van der Waals surface area contributed by atoms with E-state index in [1.54, 1.807) is 0 Å². The van der Waals surface area contributed by atoms with Crippen molar-refractivity contribution in [3.63, 3.8) is 0 Å². The van der Waals surface area contributed by atoms with E-state index in [9.17, 15) is 9.59 Å². The molecule has 140 valence electrons. The van der Waals surface area contributed by atoms with Gasteiger partial charge in [0.15, 0.2) is 0 Å². The molecule has 2 aliphatic heterocycles. The fourth-order valence-corrected chi connectivity index (χ4v) is 5.98. The topological polar surface area (TPSA) is 49.4 Å². The fourth-order valence-electron chi connectivity index (χ4n) is 5.98. The van der Waals surface area contributed by atoms with E-state index in [0.29, 0.717) is 5.69 Å². The predicted octanol–water partition coefficient (Wildman–Crippen LogP) is 4.24. The predicted molar refractivity (Wildman–Crippen MR) is 109 cm³/mol. The third-order valence-corrected chi connectivity index (χ3v) is 7.05. The van der Waals surface area contributed by atoms with Crippen LogP contribution in [-0.2, 0) is 9.59 Å². The second kappa shape index (κ2) is 5.81. The Morgan fingerprint density at radius 3 is 2.46 bits per heavy atom. The minimum atomic E-state index is -0.318. The molecule has 2 aliphatic carbocycles. The molecule has 2 aromatic carbocycles. The number of amides is 2. The Labute approximate surface area is 164 Å². The van der Waals surface area contributed by atoms with Gasteiger partial charge in [0.1, 0.15) is 0 Å². The van der Waals surface area contributed by atoms with E-state index in [1.807, 2.05) is 36.4 Å².